The molecule has 0 saturated heterocycles. The molecule has 0 saturated carbocycles. The third-order valence-electron chi connectivity index (χ3n) is 3.73. The van der Waals surface area contributed by atoms with Gasteiger partial charge in [0.25, 0.3) is 0 Å². The monoisotopic (exact) mass is 301 g/mol. The number of fused-ring (bicyclic) bond motifs is 1. The predicted octanol–water partition coefficient (Wildman–Crippen LogP) is 1.19. The summed E-state index contributed by atoms with van der Waals surface area (Å²) in [5.41, 5.74) is 2.08. The average molecular weight is 301 g/mol. The molecule has 0 spiro atoms. The van der Waals surface area contributed by atoms with Crippen molar-refractivity contribution in [2.45, 2.75) is 26.1 Å². The molecule has 22 heavy (non-hydrogen) atoms. The molecule has 0 atom stereocenters. The van der Waals surface area contributed by atoms with E-state index in [1.807, 2.05) is 30.3 Å². The number of aromatic nitrogens is 2. The summed E-state index contributed by atoms with van der Waals surface area (Å²) in [5.74, 6) is 0.848. The van der Waals surface area contributed by atoms with E-state index in [-0.39, 0.29) is 12.5 Å². The molecule has 6 heteroatoms. The van der Waals surface area contributed by atoms with Gasteiger partial charge in [-0.05, 0) is 12.1 Å². The number of aliphatic hydroxyl groups is 1. The number of aliphatic hydroxyl groups excluding tert-OH is 1. The average Bonchev–Trinajstić information content (AvgIpc) is 3.11. The highest BCUT2D eigenvalue weighted by atomic mass is 16.5. The number of carbonyl (C=O) groups is 1. The first-order valence-electron chi connectivity index (χ1n) is 7.38. The van der Waals surface area contributed by atoms with Crippen LogP contribution in [0.15, 0.2) is 36.5 Å². The summed E-state index contributed by atoms with van der Waals surface area (Å²) in [6.07, 6.45) is 2.13. The zero-order valence-corrected chi connectivity index (χ0v) is 12.3. The largest absolute Gasteiger partial charge is 0.493 e. The summed E-state index contributed by atoms with van der Waals surface area (Å²) in [6.45, 7) is 2.03. The van der Waals surface area contributed by atoms with E-state index in [0.717, 1.165) is 17.0 Å². The lowest BCUT2D eigenvalue weighted by Gasteiger charge is -2.16. The third kappa shape index (κ3) is 3.12. The Kier molecular flexibility index (Phi) is 4.39. The minimum Gasteiger partial charge on any atom is -0.493 e. The van der Waals surface area contributed by atoms with E-state index in [1.54, 1.807) is 15.8 Å². The Morgan fingerprint density at radius 2 is 2.09 bits per heavy atom. The molecule has 1 N–H and O–H groups in total. The third-order valence-corrected chi connectivity index (χ3v) is 3.73. The van der Waals surface area contributed by atoms with Crippen molar-refractivity contribution >= 4 is 5.91 Å². The van der Waals surface area contributed by atoms with Crippen molar-refractivity contribution in [3.05, 3.63) is 47.8 Å². The van der Waals surface area contributed by atoms with E-state index < -0.39 is 0 Å². The minimum absolute atomic E-state index is 0.0486. The lowest BCUT2D eigenvalue weighted by molar-refractivity contribution is -0.132. The summed E-state index contributed by atoms with van der Waals surface area (Å²) in [4.78, 5) is 14.0. The molecule has 2 heterocycles. The summed E-state index contributed by atoms with van der Waals surface area (Å²) in [6, 6.07) is 9.48. The first-order chi connectivity index (χ1) is 10.8. The number of hydrogen-bond acceptors (Lipinski definition) is 4. The van der Waals surface area contributed by atoms with Crippen molar-refractivity contribution in [2.75, 3.05) is 13.2 Å². The highest BCUT2D eigenvalue weighted by Crippen LogP contribution is 2.23. The van der Waals surface area contributed by atoms with E-state index in [2.05, 4.69) is 5.10 Å². The molecular weight excluding hydrogens is 282 g/mol. The number of ether oxygens (including phenoxy) is 1. The molecule has 1 aliphatic rings. The lowest BCUT2D eigenvalue weighted by Crippen LogP contribution is -2.27. The van der Waals surface area contributed by atoms with Crippen LogP contribution in [0, 0.1) is 0 Å². The quantitative estimate of drug-likeness (QED) is 0.870. The van der Waals surface area contributed by atoms with Gasteiger partial charge in [-0.2, -0.15) is 5.10 Å². The second kappa shape index (κ2) is 6.62. The van der Waals surface area contributed by atoms with Crippen LogP contribution in [-0.2, 0) is 24.4 Å². The van der Waals surface area contributed by atoms with Gasteiger partial charge in [0.2, 0.25) is 5.91 Å². The van der Waals surface area contributed by atoms with Crippen LogP contribution in [0.4, 0.5) is 0 Å². The molecule has 2 aromatic rings. The number of hydrogen-bond donors (Lipinski definition) is 1. The second-order valence-electron chi connectivity index (χ2n) is 5.22. The molecule has 1 aromatic carbocycles. The normalized spacial score (nSPS) is 13.2. The van der Waals surface area contributed by atoms with Crippen LogP contribution in [0.2, 0.25) is 0 Å². The number of benzene rings is 1. The number of amides is 1. The fourth-order valence-corrected chi connectivity index (χ4v) is 2.60. The van der Waals surface area contributed by atoms with Gasteiger partial charge in [-0.3, -0.25) is 9.48 Å². The molecule has 6 nitrogen and oxygen atoms in total. The van der Waals surface area contributed by atoms with Crippen molar-refractivity contribution in [1.29, 1.82) is 0 Å². The van der Waals surface area contributed by atoms with Crippen molar-refractivity contribution in [3.8, 4) is 5.75 Å². The molecule has 1 aliphatic heterocycles. The molecular formula is C16H19N3O3. The maximum absolute atomic E-state index is 12.2. The van der Waals surface area contributed by atoms with Gasteiger partial charge in [0.05, 0.1) is 44.6 Å². The van der Waals surface area contributed by atoms with Crippen LogP contribution in [-0.4, -0.2) is 38.9 Å². The van der Waals surface area contributed by atoms with Gasteiger partial charge in [-0.1, -0.05) is 18.2 Å². The van der Waals surface area contributed by atoms with Crippen LogP contribution in [0.25, 0.3) is 0 Å². The van der Waals surface area contributed by atoms with Crippen molar-refractivity contribution < 1.29 is 14.6 Å². The zero-order chi connectivity index (χ0) is 15.4. The van der Waals surface area contributed by atoms with Gasteiger partial charge in [0, 0.05) is 12.1 Å². The summed E-state index contributed by atoms with van der Waals surface area (Å²) in [5, 5.41) is 13.2. The molecule has 0 unspecified atom stereocenters. The van der Waals surface area contributed by atoms with Gasteiger partial charge < -0.3 is 14.7 Å². The van der Waals surface area contributed by atoms with Crippen LogP contribution in [0.3, 0.4) is 0 Å². The van der Waals surface area contributed by atoms with Gasteiger partial charge in [0.15, 0.2) is 0 Å². The van der Waals surface area contributed by atoms with Crippen molar-refractivity contribution in [2.24, 2.45) is 0 Å². The zero-order valence-electron chi connectivity index (χ0n) is 12.3. The van der Waals surface area contributed by atoms with Crippen LogP contribution in [0.5, 0.6) is 5.75 Å². The van der Waals surface area contributed by atoms with Crippen LogP contribution in [0.1, 0.15) is 17.7 Å². The Morgan fingerprint density at radius 3 is 2.86 bits per heavy atom. The number of nitrogens with zero attached hydrogens (tertiary/aromatic N) is 3. The predicted molar refractivity (Wildman–Crippen MR) is 80.1 cm³/mol. The Bertz CT molecular complexity index is 639. The Hall–Kier alpha value is -2.34. The van der Waals surface area contributed by atoms with Crippen molar-refractivity contribution in [1.82, 2.24) is 14.7 Å². The van der Waals surface area contributed by atoms with Gasteiger partial charge >= 0.3 is 0 Å². The van der Waals surface area contributed by atoms with E-state index in [0.29, 0.717) is 32.7 Å². The highest BCUT2D eigenvalue weighted by molar-refractivity contribution is 5.77. The van der Waals surface area contributed by atoms with E-state index in [9.17, 15) is 4.79 Å². The molecule has 1 amide bonds. The van der Waals surface area contributed by atoms with Gasteiger partial charge in [0.1, 0.15) is 5.75 Å². The highest BCUT2D eigenvalue weighted by Gasteiger charge is 2.26. The Labute approximate surface area is 128 Å². The fraction of sp³-hybridized carbons (Fsp3) is 0.375. The first-order valence-corrected chi connectivity index (χ1v) is 7.38. The molecule has 116 valence electrons. The summed E-state index contributed by atoms with van der Waals surface area (Å²) < 4.78 is 7.33. The molecule has 0 radical (unpaired) electrons. The Balaban J connectivity index is 1.50. The van der Waals surface area contributed by atoms with Crippen molar-refractivity contribution in [3.63, 3.8) is 0 Å². The maximum atomic E-state index is 12.2. The number of carbonyl (C=O) groups excluding carboxylic acids is 1. The molecule has 0 aliphatic carbocycles. The standard InChI is InChI=1S/C16H19N3O3/c20-8-7-19-15-12-18(11-13(15)10-17-19)16(21)6-9-22-14-4-2-1-3-5-14/h1-5,10,20H,6-9,11-12H2. The van der Waals surface area contributed by atoms with Crippen LogP contribution < -0.4 is 4.74 Å². The second-order valence-corrected chi connectivity index (χ2v) is 5.22. The maximum Gasteiger partial charge on any atom is 0.226 e. The molecule has 0 bridgehead atoms. The fourth-order valence-electron chi connectivity index (χ4n) is 2.60. The van der Waals surface area contributed by atoms with E-state index in [4.69, 9.17) is 9.84 Å². The summed E-state index contributed by atoms with van der Waals surface area (Å²) >= 11 is 0. The SMILES string of the molecule is O=C(CCOc1ccccc1)N1Cc2cnn(CCO)c2C1. The lowest BCUT2D eigenvalue weighted by atomic mass is 10.3. The first kappa shape index (κ1) is 14.6. The minimum atomic E-state index is 0.0486. The van der Waals surface area contributed by atoms with Crippen LogP contribution >= 0.6 is 0 Å². The number of para-hydroxylation sites is 1. The smallest absolute Gasteiger partial charge is 0.226 e. The Morgan fingerprint density at radius 1 is 1.27 bits per heavy atom. The van der Waals surface area contributed by atoms with Gasteiger partial charge in [-0.25, -0.2) is 0 Å². The molecule has 0 fully saturated rings. The topological polar surface area (TPSA) is 67.6 Å². The van der Waals surface area contributed by atoms with Gasteiger partial charge in [-0.15, -0.1) is 0 Å². The van der Waals surface area contributed by atoms with E-state index in [1.165, 1.54) is 0 Å². The summed E-state index contributed by atoms with van der Waals surface area (Å²) in [7, 11) is 0. The molecule has 3 rings (SSSR count). The number of rotatable bonds is 6. The molecule has 1 aromatic heterocycles. The van der Waals surface area contributed by atoms with E-state index >= 15 is 0 Å².